The maximum absolute atomic E-state index is 14.9. The van der Waals surface area contributed by atoms with Gasteiger partial charge >= 0.3 is 0 Å². The van der Waals surface area contributed by atoms with Crippen LogP contribution in [0.15, 0.2) is 23.2 Å². The van der Waals surface area contributed by atoms with Gasteiger partial charge in [0, 0.05) is 23.8 Å². The summed E-state index contributed by atoms with van der Waals surface area (Å²) in [5.41, 5.74) is 3.47. The van der Waals surface area contributed by atoms with Crippen LogP contribution >= 0.6 is 0 Å². The van der Waals surface area contributed by atoms with Crippen molar-refractivity contribution in [3.05, 3.63) is 35.3 Å². The molecule has 0 spiro atoms. The van der Waals surface area contributed by atoms with Crippen LogP contribution in [0.2, 0.25) is 0 Å². The Labute approximate surface area is 128 Å². The average molecular weight is 297 g/mol. The van der Waals surface area contributed by atoms with Crippen molar-refractivity contribution >= 4 is 11.9 Å². The Kier molecular flexibility index (Phi) is 3.13. The van der Waals surface area contributed by atoms with Gasteiger partial charge in [-0.15, -0.1) is 5.10 Å². The Morgan fingerprint density at radius 2 is 2.09 bits per heavy atom. The third kappa shape index (κ3) is 2.00. The molecular formula is C17H16FN3O. The minimum atomic E-state index is -0.358. The van der Waals surface area contributed by atoms with Gasteiger partial charge in [0.1, 0.15) is 0 Å². The maximum atomic E-state index is 14.9. The first-order chi connectivity index (χ1) is 10.8. The van der Waals surface area contributed by atoms with Crippen molar-refractivity contribution in [2.45, 2.75) is 31.6 Å². The molecule has 22 heavy (non-hydrogen) atoms. The number of hydrogen-bond donors (Lipinski definition) is 0. The van der Waals surface area contributed by atoms with Crippen LogP contribution in [0, 0.1) is 5.82 Å². The topological polar surface area (TPSA) is 47.4 Å². The molecule has 2 aliphatic rings. The quantitative estimate of drug-likeness (QED) is 0.865. The summed E-state index contributed by atoms with van der Waals surface area (Å²) in [4.78, 5) is 4.24. The molecule has 0 N–H and O–H groups in total. The van der Waals surface area contributed by atoms with Crippen molar-refractivity contribution in [1.29, 1.82) is 0 Å². The molecular weight excluding hydrogens is 281 g/mol. The Bertz CT molecular complexity index is 769. The number of fused-ring (bicyclic) bond motifs is 1. The van der Waals surface area contributed by atoms with Crippen LogP contribution in [-0.4, -0.2) is 23.5 Å². The Morgan fingerprint density at radius 3 is 2.82 bits per heavy atom. The van der Waals surface area contributed by atoms with E-state index < -0.39 is 0 Å². The summed E-state index contributed by atoms with van der Waals surface area (Å²) in [6.07, 6.45) is 5.88. The van der Waals surface area contributed by atoms with E-state index in [1.807, 2.05) is 6.07 Å². The third-order valence-corrected chi connectivity index (χ3v) is 4.52. The molecule has 1 aromatic heterocycles. The van der Waals surface area contributed by atoms with Crippen molar-refractivity contribution in [2.24, 2.45) is 4.99 Å². The second-order valence-electron chi connectivity index (χ2n) is 5.75. The number of rotatable bonds is 3. The minimum absolute atomic E-state index is 0.341. The predicted octanol–water partition coefficient (Wildman–Crippen LogP) is 3.82. The molecule has 0 unspecified atom stereocenters. The first kappa shape index (κ1) is 13.4. The van der Waals surface area contributed by atoms with Crippen LogP contribution in [-0.2, 0) is 6.42 Å². The predicted molar refractivity (Wildman–Crippen MR) is 82.4 cm³/mol. The molecule has 0 bridgehead atoms. The number of methoxy groups -OCH3 is 1. The number of hydrogen-bond acceptors (Lipinski definition) is 4. The summed E-state index contributed by atoms with van der Waals surface area (Å²) in [5, 5.41) is 8.27. The molecule has 2 aromatic rings. The van der Waals surface area contributed by atoms with Gasteiger partial charge in [0.15, 0.2) is 11.6 Å². The zero-order valence-corrected chi connectivity index (χ0v) is 12.3. The highest BCUT2D eigenvalue weighted by Gasteiger charge is 2.26. The summed E-state index contributed by atoms with van der Waals surface area (Å²) in [5.74, 6) is 0.394. The molecule has 2 heterocycles. The molecule has 1 fully saturated rings. The van der Waals surface area contributed by atoms with Crippen LogP contribution in [0.5, 0.6) is 5.75 Å². The van der Waals surface area contributed by atoms with Gasteiger partial charge in [-0.1, -0.05) is 12.5 Å². The van der Waals surface area contributed by atoms with Gasteiger partial charge in [-0.3, -0.25) is 4.99 Å². The van der Waals surface area contributed by atoms with Gasteiger partial charge < -0.3 is 4.74 Å². The molecule has 112 valence electrons. The zero-order chi connectivity index (χ0) is 15.1. The van der Waals surface area contributed by atoms with E-state index in [0.717, 1.165) is 29.8 Å². The number of halogens is 1. The summed E-state index contributed by atoms with van der Waals surface area (Å²) >= 11 is 0. The number of ether oxygens (including phenoxy) is 1. The molecule has 5 heteroatoms. The Morgan fingerprint density at radius 1 is 1.23 bits per heavy atom. The van der Waals surface area contributed by atoms with Crippen LogP contribution in [0.1, 0.15) is 36.4 Å². The third-order valence-electron chi connectivity index (χ3n) is 4.52. The maximum Gasteiger partial charge on any atom is 0.174 e. The molecule has 4 nitrogen and oxygen atoms in total. The molecule has 0 amide bonds. The van der Waals surface area contributed by atoms with Crippen molar-refractivity contribution in [3.63, 3.8) is 0 Å². The molecule has 1 aromatic carbocycles. The Hall–Kier alpha value is -2.30. The second kappa shape index (κ2) is 5.16. The van der Waals surface area contributed by atoms with E-state index >= 15 is 0 Å². The smallest absolute Gasteiger partial charge is 0.174 e. The molecule has 0 saturated heterocycles. The van der Waals surface area contributed by atoms with Crippen molar-refractivity contribution in [3.8, 4) is 17.0 Å². The standard InChI is InChI=1S/C17H16FN3O/c1-22-17-11(10-3-2-4-10)5-6-12(16(17)18)14-9-15-13(20-21-14)7-8-19-15/h5-6,8-10H,2-4,7H2,1H3. The van der Waals surface area contributed by atoms with E-state index in [-0.39, 0.29) is 5.82 Å². The molecule has 1 aliphatic heterocycles. The van der Waals surface area contributed by atoms with E-state index in [0.29, 0.717) is 29.3 Å². The summed E-state index contributed by atoms with van der Waals surface area (Å²) in [6, 6.07) is 5.52. The highest BCUT2D eigenvalue weighted by atomic mass is 19.1. The lowest BCUT2D eigenvalue weighted by Gasteiger charge is -2.27. The minimum Gasteiger partial charge on any atom is -0.493 e. The molecule has 4 rings (SSSR count). The molecule has 0 radical (unpaired) electrons. The number of benzene rings is 1. The van der Waals surface area contributed by atoms with E-state index in [1.165, 1.54) is 13.5 Å². The molecule has 0 atom stereocenters. The Balaban J connectivity index is 1.80. The van der Waals surface area contributed by atoms with Crippen molar-refractivity contribution in [1.82, 2.24) is 10.2 Å². The van der Waals surface area contributed by atoms with E-state index in [2.05, 4.69) is 15.2 Å². The fraction of sp³-hybridized carbons (Fsp3) is 0.353. The van der Waals surface area contributed by atoms with Crippen molar-refractivity contribution < 1.29 is 9.13 Å². The monoisotopic (exact) mass is 297 g/mol. The van der Waals surface area contributed by atoms with Gasteiger partial charge in [-0.25, -0.2) is 4.39 Å². The summed E-state index contributed by atoms with van der Waals surface area (Å²) in [7, 11) is 1.52. The van der Waals surface area contributed by atoms with Crippen LogP contribution < -0.4 is 4.74 Å². The second-order valence-corrected chi connectivity index (χ2v) is 5.75. The number of aliphatic imine (C=N–C) groups is 1. The first-order valence-electron chi connectivity index (χ1n) is 7.54. The molecule has 1 aliphatic carbocycles. The number of nitrogens with zero attached hydrogens (tertiary/aromatic N) is 3. The van der Waals surface area contributed by atoms with Crippen LogP contribution in [0.3, 0.4) is 0 Å². The fourth-order valence-electron chi connectivity index (χ4n) is 3.04. The van der Waals surface area contributed by atoms with E-state index in [1.54, 1.807) is 18.3 Å². The van der Waals surface area contributed by atoms with Crippen molar-refractivity contribution in [2.75, 3.05) is 7.11 Å². The normalized spacial score (nSPS) is 16.5. The van der Waals surface area contributed by atoms with Crippen LogP contribution in [0.4, 0.5) is 10.1 Å². The van der Waals surface area contributed by atoms with E-state index in [9.17, 15) is 4.39 Å². The highest BCUT2D eigenvalue weighted by Crippen LogP contribution is 2.43. The van der Waals surface area contributed by atoms with Gasteiger partial charge in [0.05, 0.1) is 24.2 Å². The average Bonchev–Trinajstić information content (AvgIpc) is 2.93. The zero-order valence-electron chi connectivity index (χ0n) is 12.3. The van der Waals surface area contributed by atoms with Gasteiger partial charge in [0.2, 0.25) is 0 Å². The number of aromatic nitrogens is 2. The lowest BCUT2D eigenvalue weighted by atomic mass is 9.79. The lowest BCUT2D eigenvalue weighted by Crippen LogP contribution is -2.11. The molecule has 1 saturated carbocycles. The summed E-state index contributed by atoms with van der Waals surface area (Å²) < 4.78 is 20.2. The summed E-state index contributed by atoms with van der Waals surface area (Å²) in [6.45, 7) is 0. The largest absolute Gasteiger partial charge is 0.493 e. The fourth-order valence-corrected chi connectivity index (χ4v) is 3.04. The lowest BCUT2D eigenvalue weighted by molar-refractivity contribution is 0.355. The van der Waals surface area contributed by atoms with Crippen LogP contribution in [0.25, 0.3) is 11.3 Å². The van der Waals surface area contributed by atoms with Gasteiger partial charge in [-0.05, 0) is 30.9 Å². The van der Waals surface area contributed by atoms with Gasteiger partial charge in [-0.2, -0.15) is 5.10 Å². The first-order valence-corrected chi connectivity index (χ1v) is 7.54. The van der Waals surface area contributed by atoms with Gasteiger partial charge in [0.25, 0.3) is 0 Å². The SMILES string of the molecule is COc1c(C2CCC2)ccc(-c2cc3c(nn2)CC=N3)c1F. The van der Waals surface area contributed by atoms with E-state index in [4.69, 9.17) is 4.74 Å². The highest BCUT2D eigenvalue weighted by molar-refractivity contribution is 5.76.